The Morgan fingerprint density at radius 1 is 0.885 bits per heavy atom. The first-order chi connectivity index (χ1) is 11.8. The Morgan fingerprint density at radius 3 is 2.00 bits per heavy atom. The summed E-state index contributed by atoms with van der Waals surface area (Å²) in [7, 11) is -10.2. The molecule has 2 aromatic rings. The van der Waals surface area contributed by atoms with Crippen molar-refractivity contribution >= 4 is 18.7 Å². The molecule has 3 rings (SSSR count). The number of hydrogen-bond donors (Lipinski definition) is 0. The second kappa shape index (κ2) is 7.08. The van der Waals surface area contributed by atoms with Crippen LogP contribution in [-0.4, -0.2) is 5.75 Å². The quantitative estimate of drug-likeness (QED) is 0.269. The standard InChI is InChI=1S/C18H21S.F6P/c1-2-3-13-19-14-16-11-7-8-12-17(16)18(19)15-9-5-4-6-10-15;1-7(2,3,4,5)6/h4-12,18H,2-3,13-14H2,1H3;/q+1;-1. The van der Waals surface area contributed by atoms with Crippen molar-refractivity contribution in [1.29, 1.82) is 0 Å². The maximum atomic E-state index is 9.87. The summed E-state index contributed by atoms with van der Waals surface area (Å²) in [5, 5.41) is 0.643. The van der Waals surface area contributed by atoms with E-state index in [0.717, 1.165) is 0 Å². The fourth-order valence-electron chi connectivity index (χ4n) is 2.90. The summed E-state index contributed by atoms with van der Waals surface area (Å²) in [4.78, 5) is 0. The molecule has 0 aliphatic carbocycles. The molecular formula is C18H21F6PS. The minimum absolute atomic E-state index is 0.488. The molecule has 0 aromatic heterocycles. The van der Waals surface area contributed by atoms with Crippen LogP contribution in [0.25, 0.3) is 0 Å². The van der Waals surface area contributed by atoms with Gasteiger partial charge in [-0.1, -0.05) is 67.9 Å². The molecule has 2 atom stereocenters. The predicted molar refractivity (Wildman–Crippen MR) is 99.1 cm³/mol. The zero-order chi connectivity index (χ0) is 19.5. The van der Waals surface area contributed by atoms with E-state index in [4.69, 9.17) is 0 Å². The number of rotatable bonds is 4. The Hall–Kier alpha value is -1.20. The van der Waals surface area contributed by atoms with Crippen LogP contribution >= 0.6 is 7.81 Å². The number of hydrogen-bond acceptors (Lipinski definition) is 0. The summed E-state index contributed by atoms with van der Waals surface area (Å²) in [5.41, 5.74) is 4.66. The molecule has 0 bridgehead atoms. The molecule has 8 heteroatoms. The van der Waals surface area contributed by atoms with Gasteiger partial charge in [-0.05, 0) is 6.42 Å². The zero-order valence-corrected chi connectivity index (χ0v) is 15.9. The van der Waals surface area contributed by atoms with E-state index in [0.29, 0.717) is 16.1 Å². The van der Waals surface area contributed by atoms with E-state index >= 15 is 0 Å². The van der Waals surface area contributed by atoms with E-state index in [1.165, 1.54) is 29.9 Å². The first-order valence-electron chi connectivity index (χ1n) is 8.20. The van der Waals surface area contributed by atoms with Crippen LogP contribution in [0.5, 0.6) is 0 Å². The van der Waals surface area contributed by atoms with Gasteiger partial charge in [0, 0.05) is 27.6 Å². The van der Waals surface area contributed by atoms with Crippen molar-refractivity contribution in [2.45, 2.75) is 30.8 Å². The fraction of sp³-hybridized carbons (Fsp3) is 0.333. The first-order valence-corrected chi connectivity index (χ1v) is 11.9. The van der Waals surface area contributed by atoms with Gasteiger partial charge in [0.05, 0.1) is 0 Å². The molecule has 1 heterocycles. The van der Waals surface area contributed by atoms with Crippen molar-refractivity contribution in [2.24, 2.45) is 0 Å². The molecule has 1 aliphatic rings. The number of benzene rings is 2. The van der Waals surface area contributed by atoms with Crippen molar-refractivity contribution in [2.75, 3.05) is 5.75 Å². The fourth-order valence-corrected chi connectivity index (χ4v) is 5.90. The van der Waals surface area contributed by atoms with E-state index < -0.39 is 7.81 Å². The van der Waals surface area contributed by atoms with Gasteiger partial charge >= 0.3 is 33.0 Å². The average molecular weight is 414 g/mol. The van der Waals surface area contributed by atoms with Crippen molar-refractivity contribution in [3.8, 4) is 0 Å². The maximum absolute atomic E-state index is 10.7. The number of unbranched alkanes of at least 4 members (excludes halogenated alkanes) is 1. The van der Waals surface area contributed by atoms with Gasteiger partial charge in [0.15, 0.2) is 5.25 Å². The Morgan fingerprint density at radius 2 is 1.42 bits per heavy atom. The van der Waals surface area contributed by atoms with Crippen LogP contribution in [-0.2, 0) is 16.6 Å². The predicted octanol–water partition coefficient (Wildman–Crippen LogP) is 8.09. The van der Waals surface area contributed by atoms with Crippen molar-refractivity contribution in [3.05, 3.63) is 71.3 Å². The van der Waals surface area contributed by atoms with Gasteiger partial charge in [-0.2, -0.15) is 0 Å². The Labute approximate surface area is 152 Å². The molecule has 2 unspecified atom stereocenters. The van der Waals surface area contributed by atoms with Crippen LogP contribution in [0.1, 0.15) is 41.7 Å². The van der Waals surface area contributed by atoms with E-state index in [-0.39, 0.29) is 0 Å². The molecule has 0 N–H and O–H groups in total. The topological polar surface area (TPSA) is 0 Å². The van der Waals surface area contributed by atoms with E-state index in [1.54, 1.807) is 11.1 Å². The average Bonchev–Trinajstić information content (AvgIpc) is 2.89. The number of fused-ring (bicyclic) bond motifs is 1. The first kappa shape index (κ1) is 21.1. The van der Waals surface area contributed by atoms with Gasteiger partial charge in [0.1, 0.15) is 11.5 Å². The molecule has 0 radical (unpaired) electrons. The molecule has 0 spiro atoms. The third-order valence-electron chi connectivity index (χ3n) is 3.87. The van der Waals surface area contributed by atoms with Crippen molar-refractivity contribution < 1.29 is 25.2 Å². The van der Waals surface area contributed by atoms with Crippen LogP contribution in [0.4, 0.5) is 25.2 Å². The van der Waals surface area contributed by atoms with Crippen LogP contribution in [0.15, 0.2) is 54.6 Å². The molecular weight excluding hydrogens is 393 g/mol. The Kier molecular flexibility index (Phi) is 5.75. The molecule has 0 saturated heterocycles. The third kappa shape index (κ3) is 7.58. The summed E-state index contributed by atoms with van der Waals surface area (Å²) in [6.07, 6.45) is 2.67. The Balaban J connectivity index is 0.000000298. The Bertz CT molecular complexity index is 719. The van der Waals surface area contributed by atoms with E-state index in [2.05, 4.69) is 61.5 Å². The summed E-state index contributed by atoms with van der Waals surface area (Å²) in [5.74, 6) is 2.67. The van der Waals surface area contributed by atoms with Gasteiger partial charge in [-0.25, -0.2) is 0 Å². The molecule has 2 aromatic carbocycles. The molecule has 1 aliphatic heterocycles. The van der Waals surface area contributed by atoms with Crippen LogP contribution in [0, 0.1) is 0 Å². The molecule has 0 saturated carbocycles. The van der Waals surface area contributed by atoms with Gasteiger partial charge in [0.2, 0.25) is 0 Å². The van der Waals surface area contributed by atoms with Gasteiger partial charge in [-0.15, -0.1) is 0 Å². The molecule has 0 nitrogen and oxygen atoms in total. The van der Waals surface area contributed by atoms with Crippen LogP contribution in [0.2, 0.25) is 0 Å². The molecule has 146 valence electrons. The third-order valence-corrected chi connectivity index (χ3v) is 6.56. The van der Waals surface area contributed by atoms with E-state index in [9.17, 15) is 25.2 Å². The van der Waals surface area contributed by atoms with Gasteiger partial charge in [-0.3, -0.25) is 0 Å². The second-order valence-corrected chi connectivity index (χ2v) is 10.3. The molecule has 26 heavy (non-hydrogen) atoms. The van der Waals surface area contributed by atoms with Crippen molar-refractivity contribution in [3.63, 3.8) is 0 Å². The van der Waals surface area contributed by atoms with E-state index in [1.807, 2.05) is 0 Å². The van der Waals surface area contributed by atoms with Gasteiger partial charge in [0.25, 0.3) is 0 Å². The van der Waals surface area contributed by atoms with Crippen LogP contribution < -0.4 is 0 Å². The van der Waals surface area contributed by atoms with Gasteiger partial charge < -0.3 is 0 Å². The summed E-state index contributed by atoms with van der Waals surface area (Å²) in [6.45, 7) is 2.30. The monoisotopic (exact) mass is 414 g/mol. The number of halogens is 6. The zero-order valence-electron chi connectivity index (χ0n) is 14.2. The normalized spacial score (nSPS) is 21.8. The SMILES string of the molecule is CCCC[S+]1Cc2ccccc2C1c1ccccc1.F[P-](F)(F)(F)(F)F. The van der Waals surface area contributed by atoms with Crippen LogP contribution in [0.3, 0.4) is 0 Å². The van der Waals surface area contributed by atoms with Crippen molar-refractivity contribution in [1.82, 2.24) is 0 Å². The summed E-state index contributed by atoms with van der Waals surface area (Å²) < 4.78 is 59.2. The summed E-state index contributed by atoms with van der Waals surface area (Å²) in [6, 6.07) is 20.1. The molecule has 0 fully saturated rings. The minimum atomic E-state index is -10.7. The second-order valence-electron chi connectivity index (χ2n) is 6.19. The molecule has 0 amide bonds. The summed E-state index contributed by atoms with van der Waals surface area (Å²) >= 11 is 0.